The third-order valence-corrected chi connectivity index (χ3v) is 4.92. The van der Waals surface area contributed by atoms with Crippen LogP contribution >= 0.6 is 0 Å². The molecule has 1 saturated carbocycles. The first-order chi connectivity index (χ1) is 11.6. The van der Waals surface area contributed by atoms with E-state index in [4.69, 9.17) is 14.2 Å². The second kappa shape index (κ2) is 7.56. The Morgan fingerprint density at radius 1 is 1.25 bits per heavy atom. The molecule has 3 rings (SSSR count). The summed E-state index contributed by atoms with van der Waals surface area (Å²) >= 11 is 0. The molecule has 0 spiro atoms. The average Bonchev–Trinajstić information content (AvgIpc) is 2.50. The van der Waals surface area contributed by atoms with Gasteiger partial charge in [0, 0.05) is 38.2 Å². The van der Waals surface area contributed by atoms with Crippen molar-refractivity contribution >= 4 is 5.57 Å². The summed E-state index contributed by atoms with van der Waals surface area (Å²) in [6.45, 7) is 5.38. The van der Waals surface area contributed by atoms with Crippen molar-refractivity contribution in [1.82, 2.24) is 0 Å². The van der Waals surface area contributed by atoms with E-state index >= 15 is 0 Å². The largest absolute Gasteiger partial charge is 0.490 e. The molecule has 0 saturated heterocycles. The molecule has 1 heterocycles. The van der Waals surface area contributed by atoms with Gasteiger partial charge >= 0.3 is 0 Å². The van der Waals surface area contributed by atoms with Gasteiger partial charge in [-0.15, -0.1) is 0 Å². The summed E-state index contributed by atoms with van der Waals surface area (Å²) < 4.78 is 31.2. The molecule has 2 aliphatic rings. The number of benzene rings is 1. The molecule has 4 heteroatoms. The molecular weight excluding hydrogens is 307 g/mol. The predicted molar refractivity (Wildman–Crippen MR) is 93.0 cm³/mol. The van der Waals surface area contributed by atoms with Crippen LogP contribution < -0.4 is 9.47 Å². The maximum atomic E-state index is 14.5. The Balaban J connectivity index is 1.87. The van der Waals surface area contributed by atoms with Gasteiger partial charge in [0.1, 0.15) is 11.9 Å². The Labute approximate surface area is 143 Å². The van der Waals surface area contributed by atoms with E-state index in [-0.39, 0.29) is 17.7 Å². The van der Waals surface area contributed by atoms with Crippen molar-refractivity contribution in [2.45, 2.75) is 52.1 Å². The lowest BCUT2D eigenvalue weighted by Gasteiger charge is -2.34. The van der Waals surface area contributed by atoms with E-state index in [0.29, 0.717) is 19.1 Å². The van der Waals surface area contributed by atoms with Crippen molar-refractivity contribution in [3.05, 3.63) is 29.1 Å². The van der Waals surface area contributed by atoms with Gasteiger partial charge in [0.2, 0.25) is 0 Å². The van der Waals surface area contributed by atoms with Crippen molar-refractivity contribution in [2.75, 3.05) is 20.3 Å². The lowest BCUT2D eigenvalue weighted by Crippen LogP contribution is -2.28. The Morgan fingerprint density at radius 3 is 2.67 bits per heavy atom. The standard InChI is InChI=1S/C20H27FO3/c1-13(2)18-11-15(14-6-4-7-14)16-10-17(21)20(12-19(16)24-18)23-9-5-8-22-3/h10,12-13,18H,4-9,11H2,1-3H3. The number of methoxy groups -OCH3 is 1. The highest BCUT2D eigenvalue weighted by Crippen LogP contribution is 2.45. The van der Waals surface area contributed by atoms with Crippen molar-refractivity contribution in [1.29, 1.82) is 0 Å². The van der Waals surface area contributed by atoms with Gasteiger partial charge in [-0.2, -0.15) is 0 Å². The van der Waals surface area contributed by atoms with Crippen LogP contribution in [-0.2, 0) is 4.74 Å². The first-order valence-corrected chi connectivity index (χ1v) is 8.93. The molecular formula is C20H27FO3. The summed E-state index contributed by atoms with van der Waals surface area (Å²) in [6, 6.07) is 3.32. The quantitative estimate of drug-likeness (QED) is 0.686. The van der Waals surface area contributed by atoms with Crippen LogP contribution in [0.3, 0.4) is 0 Å². The molecule has 1 aliphatic heterocycles. The van der Waals surface area contributed by atoms with Crippen LogP contribution in [-0.4, -0.2) is 26.4 Å². The number of ether oxygens (including phenoxy) is 3. The van der Waals surface area contributed by atoms with Gasteiger partial charge in [0.15, 0.2) is 11.6 Å². The normalized spacial score (nSPS) is 19.8. The van der Waals surface area contributed by atoms with Gasteiger partial charge in [-0.05, 0) is 36.8 Å². The third kappa shape index (κ3) is 3.59. The molecule has 0 amide bonds. The second-order valence-electron chi connectivity index (χ2n) is 7.01. The fourth-order valence-electron chi connectivity index (χ4n) is 3.24. The Kier molecular flexibility index (Phi) is 5.44. The minimum absolute atomic E-state index is 0.146. The monoisotopic (exact) mass is 334 g/mol. The van der Waals surface area contributed by atoms with E-state index < -0.39 is 0 Å². The fourth-order valence-corrected chi connectivity index (χ4v) is 3.24. The van der Waals surface area contributed by atoms with Crippen LogP contribution in [0.4, 0.5) is 4.39 Å². The smallest absolute Gasteiger partial charge is 0.165 e. The third-order valence-electron chi connectivity index (χ3n) is 4.92. The summed E-state index contributed by atoms with van der Waals surface area (Å²) in [5, 5.41) is 0. The fraction of sp³-hybridized carbons (Fsp3) is 0.600. The van der Waals surface area contributed by atoms with Crippen LogP contribution in [0, 0.1) is 11.7 Å². The molecule has 132 valence electrons. The Morgan fingerprint density at radius 2 is 2.04 bits per heavy atom. The van der Waals surface area contributed by atoms with Crippen LogP contribution in [0.5, 0.6) is 11.5 Å². The molecule has 1 aromatic rings. The van der Waals surface area contributed by atoms with Gasteiger partial charge in [0.25, 0.3) is 0 Å². The number of hydrogen-bond acceptors (Lipinski definition) is 3. The second-order valence-corrected chi connectivity index (χ2v) is 7.01. The van der Waals surface area contributed by atoms with Crippen molar-refractivity contribution in [2.24, 2.45) is 5.92 Å². The topological polar surface area (TPSA) is 27.7 Å². The van der Waals surface area contributed by atoms with E-state index in [0.717, 1.165) is 37.0 Å². The van der Waals surface area contributed by atoms with Gasteiger partial charge < -0.3 is 14.2 Å². The van der Waals surface area contributed by atoms with Crippen molar-refractivity contribution in [3.8, 4) is 11.5 Å². The molecule has 0 bridgehead atoms. The summed E-state index contributed by atoms with van der Waals surface area (Å²) in [5.74, 6) is 1.14. The lowest BCUT2D eigenvalue weighted by atomic mass is 9.80. The van der Waals surface area contributed by atoms with Gasteiger partial charge in [-0.1, -0.05) is 19.4 Å². The number of halogens is 1. The first-order valence-electron chi connectivity index (χ1n) is 8.93. The van der Waals surface area contributed by atoms with Crippen LogP contribution in [0.2, 0.25) is 0 Å². The number of fused-ring (bicyclic) bond motifs is 1. The van der Waals surface area contributed by atoms with Crippen LogP contribution in [0.15, 0.2) is 17.7 Å². The first kappa shape index (κ1) is 17.3. The zero-order valence-electron chi connectivity index (χ0n) is 14.9. The molecule has 0 aromatic heterocycles. The molecule has 3 nitrogen and oxygen atoms in total. The maximum Gasteiger partial charge on any atom is 0.165 e. The highest BCUT2D eigenvalue weighted by Gasteiger charge is 2.30. The van der Waals surface area contributed by atoms with Crippen LogP contribution in [0.1, 0.15) is 51.5 Å². The Hall–Kier alpha value is -1.55. The molecule has 1 unspecified atom stereocenters. The van der Waals surface area contributed by atoms with Crippen LogP contribution in [0.25, 0.3) is 5.57 Å². The number of hydrogen-bond donors (Lipinski definition) is 0. The highest BCUT2D eigenvalue weighted by atomic mass is 19.1. The molecule has 1 aromatic carbocycles. The predicted octanol–water partition coefficient (Wildman–Crippen LogP) is 4.99. The summed E-state index contributed by atoms with van der Waals surface area (Å²) in [7, 11) is 1.65. The van der Waals surface area contributed by atoms with E-state index in [1.54, 1.807) is 19.2 Å². The molecule has 0 N–H and O–H groups in total. The van der Waals surface area contributed by atoms with Gasteiger partial charge in [-0.3, -0.25) is 0 Å². The number of rotatable bonds is 6. The zero-order chi connectivity index (χ0) is 17.1. The van der Waals surface area contributed by atoms with E-state index in [1.165, 1.54) is 17.6 Å². The molecule has 1 atom stereocenters. The minimum atomic E-state index is -0.310. The molecule has 1 aliphatic carbocycles. The minimum Gasteiger partial charge on any atom is -0.490 e. The van der Waals surface area contributed by atoms with Crippen molar-refractivity contribution < 1.29 is 18.6 Å². The maximum absolute atomic E-state index is 14.5. The molecule has 1 fully saturated rings. The van der Waals surface area contributed by atoms with Gasteiger partial charge in [-0.25, -0.2) is 4.39 Å². The Bertz CT molecular complexity index is 616. The zero-order valence-corrected chi connectivity index (χ0v) is 14.9. The lowest BCUT2D eigenvalue weighted by molar-refractivity contribution is 0.146. The van der Waals surface area contributed by atoms with E-state index in [1.807, 2.05) is 0 Å². The van der Waals surface area contributed by atoms with E-state index in [9.17, 15) is 4.39 Å². The summed E-state index contributed by atoms with van der Waals surface area (Å²) in [5.41, 5.74) is 3.69. The highest BCUT2D eigenvalue weighted by molar-refractivity contribution is 5.76. The molecule has 0 radical (unpaired) electrons. The average molecular weight is 334 g/mol. The SMILES string of the molecule is COCCCOc1cc2c(cc1F)C(=C1CCC1)CC(C(C)C)O2. The number of allylic oxidation sites excluding steroid dienone is 1. The van der Waals surface area contributed by atoms with E-state index in [2.05, 4.69) is 13.8 Å². The summed E-state index contributed by atoms with van der Waals surface area (Å²) in [4.78, 5) is 0. The van der Waals surface area contributed by atoms with Crippen molar-refractivity contribution in [3.63, 3.8) is 0 Å². The van der Waals surface area contributed by atoms with Gasteiger partial charge in [0.05, 0.1) is 6.61 Å². The summed E-state index contributed by atoms with van der Waals surface area (Å²) in [6.07, 6.45) is 5.27. The molecule has 24 heavy (non-hydrogen) atoms.